The Balaban J connectivity index is 1.82. The van der Waals surface area contributed by atoms with Crippen LogP contribution in [0.25, 0.3) is 11.0 Å². The number of anilines is 4. The van der Waals surface area contributed by atoms with E-state index in [1.807, 2.05) is 0 Å². The Bertz CT molecular complexity index is 1180. The summed E-state index contributed by atoms with van der Waals surface area (Å²) >= 11 is 0. The maximum Gasteiger partial charge on any atom is 0.196 e. The van der Waals surface area contributed by atoms with E-state index in [1.54, 1.807) is 24.3 Å². The lowest BCUT2D eigenvalue weighted by Crippen LogP contribution is -2.07. The summed E-state index contributed by atoms with van der Waals surface area (Å²) in [5, 5.41) is 4.92. The lowest BCUT2D eigenvalue weighted by Gasteiger charge is -2.15. The van der Waals surface area contributed by atoms with Gasteiger partial charge in [0.15, 0.2) is 46.5 Å². The Labute approximate surface area is 165 Å². The highest BCUT2D eigenvalue weighted by Crippen LogP contribution is 2.31. The van der Waals surface area contributed by atoms with Gasteiger partial charge in [0.05, 0.1) is 22.4 Å². The van der Waals surface area contributed by atoms with E-state index in [9.17, 15) is 26.3 Å². The molecule has 1 aromatic heterocycles. The molecule has 4 rings (SSSR count). The van der Waals surface area contributed by atoms with Gasteiger partial charge in [0.25, 0.3) is 0 Å². The summed E-state index contributed by atoms with van der Waals surface area (Å²) in [6, 6.07) is 9.75. The van der Waals surface area contributed by atoms with E-state index in [0.717, 1.165) is 12.1 Å². The molecule has 0 saturated heterocycles. The molecule has 1 heterocycles. The summed E-state index contributed by atoms with van der Waals surface area (Å²) in [6.07, 6.45) is 0. The number of benzene rings is 3. The second-order valence-corrected chi connectivity index (χ2v) is 6.11. The minimum Gasteiger partial charge on any atom is -0.335 e. The molecule has 0 radical (unpaired) electrons. The van der Waals surface area contributed by atoms with Crippen LogP contribution in [-0.4, -0.2) is 9.97 Å². The molecule has 10 heteroatoms. The average Bonchev–Trinajstić information content (AvgIpc) is 2.74. The van der Waals surface area contributed by atoms with Gasteiger partial charge in [0.2, 0.25) is 0 Å². The number of para-hydroxylation sites is 2. The molecule has 0 aliphatic heterocycles. The molecule has 0 fully saturated rings. The number of rotatable bonds is 4. The molecular formula is C20H10F6N4. The van der Waals surface area contributed by atoms with Crippen LogP contribution in [0.4, 0.5) is 49.4 Å². The summed E-state index contributed by atoms with van der Waals surface area (Å²) in [4.78, 5) is 8.44. The van der Waals surface area contributed by atoms with Crippen LogP contribution < -0.4 is 10.6 Å². The van der Waals surface area contributed by atoms with Crippen LogP contribution in [0.2, 0.25) is 0 Å². The van der Waals surface area contributed by atoms with E-state index >= 15 is 0 Å². The second kappa shape index (κ2) is 7.54. The van der Waals surface area contributed by atoms with Crippen molar-refractivity contribution in [2.24, 2.45) is 0 Å². The molecule has 0 bridgehead atoms. The lowest BCUT2D eigenvalue weighted by molar-refractivity contribution is 0.449. The summed E-state index contributed by atoms with van der Waals surface area (Å²) < 4.78 is 81.7. The monoisotopic (exact) mass is 420 g/mol. The van der Waals surface area contributed by atoms with Crippen LogP contribution in [0.15, 0.2) is 48.5 Å². The van der Waals surface area contributed by atoms with Gasteiger partial charge in [0.1, 0.15) is 0 Å². The molecule has 30 heavy (non-hydrogen) atoms. The molecule has 0 aliphatic carbocycles. The van der Waals surface area contributed by atoms with Gasteiger partial charge in [-0.05, 0) is 36.4 Å². The zero-order valence-electron chi connectivity index (χ0n) is 14.8. The van der Waals surface area contributed by atoms with Crippen LogP contribution in [-0.2, 0) is 0 Å². The minimum atomic E-state index is -1.70. The van der Waals surface area contributed by atoms with Crippen molar-refractivity contribution in [1.29, 1.82) is 0 Å². The van der Waals surface area contributed by atoms with Crippen molar-refractivity contribution in [3.8, 4) is 0 Å². The zero-order chi connectivity index (χ0) is 21.4. The van der Waals surface area contributed by atoms with Gasteiger partial charge >= 0.3 is 0 Å². The van der Waals surface area contributed by atoms with Crippen LogP contribution in [0, 0.1) is 34.9 Å². The van der Waals surface area contributed by atoms with E-state index in [4.69, 9.17) is 0 Å². The molecule has 0 amide bonds. The molecule has 0 atom stereocenters. The number of hydrogen-bond donors (Lipinski definition) is 2. The first-order chi connectivity index (χ1) is 14.3. The van der Waals surface area contributed by atoms with Crippen molar-refractivity contribution < 1.29 is 26.3 Å². The van der Waals surface area contributed by atoms with E-state index in [-0.39, 0.29) is 11.6 Å². The zero-order valence-corrected chi connectivity index (χ0v) is 14.8. The van der Waals surface area contributed by atoms with Crippen molar-refractivity contribution in [1.82, 2.24) is 9.97 Å². The fourth-order valence-corrected chi connectivity index (χ4v) is 2.67. The molecule has 0 aliphatic rings. The molecule has 2 N–H and O–H groups in total. The molecule has 0 saturated carbocycles. The minimum absolute atomic E-state index is 0.192. The lowest BCUT2D eigenvalue weighted by atomic mass is 10.2. The van der Waals surface area contributed by atoms with Crippen molar-refractivity contribution in [3.05, 3.63) is 83.4 Å². The summed E-state index contributed by atoms with van der Waals surface area (Å²) in [5.74, 6) is -9.56. The van der Waals surface area contributed by atoms with Gasteiger partial charge < -0.3 is 10.6 Å². The first-order valence-electron chi connectivity index (χ1n) is 8.43. The summed E-state index contributed by atoms with van der Waals surface area (Å²) in [6.45, 7) is 0. The third-order valence-corrected chi connectivity index (χ3v) is 4.15. The predicted octanol–water partition coefficient (Wildman–Crippen LogP) is 5.95. The Kier molecular flexibility index (Phi) is 4.90. The van der Waals surface area contributed by atoms with E-state index < -0.39 is 46.3 Å². The fourth-order valence-electron chi connectivity index (χ4n) is 2.67. The number of aromatic nitrogens is 2. The first-order valence-corrected chi connectivity index (χ1v) is 8.43. The Morgan fingerprint density at radius 3 is 1.30 bits per heavy atom. The van der Waals surface area contributed by atoms with Gasteiger partial charge in [-0.3, -0.25) is 0 Å². The first kappa shape index (κ1) is 19.5. The van der Waals surface area contributed by atoms with Gasteiger partial charge in [0, 0.05) is 0 Å². The maximum absolute atomic E-state index is 14.1. The molecule has 0 spiro atoms. The van der Waals surface area contributed by atoms with Crippen LogP contribution >= 0.6 is 0 Å². The number of fused-ring (bicyclic) bond motifs is 1. The molecule has 152 valence electrons. The molecule has 4 nitrogen and oxygen atoms in total. The normalized spacial score (nSPS) is 11.0. The molecular weight excluding hydrogens is 410 g/mol. The maximum atomic E-state index is 14.1. The van der Waals surface area contributed by atoms with Crippen molar-refractivity contribution in [3.63, 3.8) is 0 Å². The standard InChI is InChI=1S/C20H10F6N4/c21-9-5-7-13(17(25)15(9)23)29-19-20(28-12-4-2-1-3-11(12)27-19)30-14-8-6-10(22)16(24)18(14)26/h1-8H,(H,27,29)(H,28,30). The number of hydrogen-bond acceptors (Lipinski definition) is 4. The van der Waals surface area contributed by atoms with E-state index in [0.29, 0.717) is 23.2 Å². The fraction of sp³-hybridized carbons (Fsp3) is 0. The second-order valence-electron chi connectivity index (χ2n) is 6.11. The summed E-state index contributed by atoms with van der Waals surface area (Å²) in [5.41, 5.74) is -0.238. The quantitative estimate of drug-likeness (QED) is 0.316. The van der Waals surface area contributed by atoms with Crippen LogP contribution in [0.5, 0.6) is 0 Å². The highest BCUT2D eigenvalue weighted by molar-refractivity contribution is 5.83. The Morgan fingerprint density at radius 2 is 0.900 bits per heavy atom. The largest absolute Gasteiger partial charge is 0.335 e. The smallest absolute Gasteiger partial charge is 0.196 e. The molecule has 3 aromatic carbocycles. The van der Waals surface area contributed by atoms with Crippen molar-refractivity contribution in [2.45, 2.75) is 0 Å². The van der Waals surface area contributed by atoms with Crippen molar-refractivity contribution >= 4 is 34.0 Å². The summed E-state index contributed by atoms with van der Waals surface area (Å²) in [7, 11) is 0. The highest BCUT2D eigenvalue weighted by atomic mass is 19.2. The molecule has 0 unspecified atom stereocenters. The topological polar surface area (TPSA) is 49.8 Å². The number of nitrogens with zero attached hydrogens (tertiary/aromatic N) is 2. The Morgan fingerprint density at radius 1 is 0.500 bits per heavy atom. The van der Waals surface area contributed by atoms with Gasteiger partial charge in [-0.1, -0.05) is 12.1 Å². The number of nitrogens with one attached hydrogen (secondary N) is 2. The van der Waals surface area contributed by atoms with Gasteiger partial charge in [-0.15, -0.1) is 0 Å². The van der Waals surface area contributed by atoms with Crippen LogP contribution in [0.1, 0.15) is 0 Å². The van der Waals surface area contributed by atoms with E-state index in [1.165, 1.54) is 0 Å². The highest BCUT2D eigenvalue weighted by Gasteiger charge is 2.19. The van der Waals surface area contributed by atoms with E-state index in [2.05, 4.69) is 20.6 Å². The third-order valence-electron chi connectivity index (χ3n) is 4.15. The van der Waals surface area contributed by atoms with Gasteiger partial charge in [-0.25, -0.2) is 36.3 Å². The average molecular weight is 420 g/mol. The van der Waals surface area contributed by atoms with Crippen molar-refractivity contribution in [2.75, 3.05) is 10.6 Å². The SMILES string of the molecule is Fc1ccc(Nc2nc3ccccc3nc2Nc2ccc(F)c(F)c2F)c(F)c1F. The van der Waals surface area contributed by atoms with Gasteiger partial charge in [-0.2, -0.15) is 0 Å². The van der Waals surface area contributed by atoms with Crippen LogP contribution in [0.3, 0.4) is 0 Å². The number of halogens is 6. The third kappa shape index (κ3) is 3.47. The Hall–Kier alpha value is -3.82. The predicted molar refractivity (Wildman–Crippen MR) is 98.7 cm³/mol. The molecule has 4 aromatic rings.